The highest BCUT2D eigenvalue weighted by Gasteiger charge is 2.13. The standard InChI is InChI=1S/C14H24N4O2/c1-4-9-18(5-2)10-8-17-13-12(15)11(6-7-16-13)14(19)20-3/h6-7H,4-5,8-10,15H2,1-3H3,(H,16,17). The number of nitrogens with one attached hydrogen (secondary N) is 1. The van der Waals surface area contributed by atoms with Gasteiger partial charge in [-0.05, 0) is 25.6 Å². The van der Waals surface area contributed by atoms with Gasteiger partial charge in [-0.3, -0.25) is 0 Å². The number of ether oxygens (including phenoxy) is 1. The molecule has 1 rings (SSSR count). The van der Waals surface area contributed by atoms with Crippen LogP contribution >= 0.6 is 0 Å². The molecule has 1 aromatic heterocycles. The number of likely N-dealkylation sites (N-methyl/N-ethyl adjacent to an activating group) is 1. The molecule has 0 saturated carbocycles. The van der Waals surface area contributed by atoms with Crippen LogP contribution < -0.4 is 11.1 Å². The summed E-state index contributed by atoms with van der Waals surface area (Å²) in [7, 11) is 1.33. The maximum Gasteiger partial charge on any atom is 0.340 e. The number of anilines is 2. The number of hydrogen-bond donors (Lipinski definition) is 2. The fraction of sp³-hybridized carbons (Fsp3) is 0.571. The van der Waals surface area contributed by atoms with Crippen molar-refractivity contribution in [2.75, 3.05) is 44.3 Å². The molecule has 112 valence electrons. The van der Waals surface area contributed by atoms with E-state index in [0.29, 0.717) is 17.1 Å². The predicted molar refractivity (Wildman–Crippen MR) is 80.9 cm³/mol. The normalized spacial score (nSPS) is 10.6. The van der Waals surface area contributed by atoms with E-state index in [4.69, 9.17) is 5.73 Å². The van der Waals surface area contributed by atoms with E-state index < -0.39 is 5.97 Å². The molecule has 6 nitrogen and oxygen atoms in total. The Bertz CT molecular complexity index is 437. The molecule has 0 aliphatic rings. The van der Waals surface area contributed by atoms with Crippen molar-refractivity contribution in [2.24, 2.45) is 0 Å². The van der Waals surface area contributed by atoms with E-state index in [1.54, 1.807) is 12.3 Å². The van der Waals surface area contributed by atoms with Crippen LogP contribution in [0.1, 0.15) is 30.6 Å². The zero-order valence-electron chi connectivity index (χ0n) is 12.5. The Labute approximate surface area is 120 Å². The van der Waals surface area contributed by atoms with E-state index in [-0.39, 0.29) is 0 Å². The first kappa shape index (κ1) is 16.2. The minimum atomic E-state index is -0.450. The van der Waals surface area contributed by atoms with Crippen molar-refractivity contribution in [1.82, 2.24) is 9.88 Å². The minimum Gasteiger partial charge on any atom is -0.465 e. The fourth-order valence-electron chi connectivity index (χ4n) is 1.98. The monoisotopic (exact) mass is 280 g/mol. The predicted octanol–water partition coefficient (Wildman–Crippen LogP) is 1.59. The molecule has 1 heterocycles. The van der Waals surface area contributed by atoms with Gasteiger partial charge in [-0.25, -0.2) is 9.78 Å². The molecular formula is C14H24N4O2. The van der Waals surface area contributed by atoms with Crippen LogP contribution in [0.3, 0.4) is 0 Å². The van der Waals surface area contributed by atoms with Crippen LogP contribution in [0.2, 0.25) is 0 Å². The molecule has 0 radical (unpaired) electrons. The molecular weight excluding hydrogens is 256 g/mol. The van der Waals surface area contributed by atoms with Crippen LogP contribution in [-0.2, 0) is 4.74 Å². The zero-order chi connectivity index (χ0) is 15.0. The summed E-state index contributed by atoms with van der Waals surface area (Å²) in [5.41, 5.74) is 6.60. The van der Waals surface area contributed by atoms with Gasteiger partial charge < -0.3 is 20.7 Å². The molecule has 0 unspecified atom stereocenters. The lowest BCUT2D eigenvalue weighted by molar-refractivity contribution is 0.0602. The number of rotatable bonds is 8. The number of esters is 1. The van der Waals surface area contributed by atoms with Crippen LogP contribution in [-0.4, -0.2) is 49.1 Å². The van der Waals surface area contributed by atoms with Crippen LogP contribution in [0, 0.1) is 0 Å². The summed E-state index contributed by atoms with van der Waals surface area (Å²) in [5.74, 6) is 0.0783. The van der Waals surface area contributed by atoms with Crippen molar-refractivity contribution in [3.8, 4) is 0 Å². The second kappa shape index (κ2) is 8.37. The lowest BCUT2D eigenvalue weighted by Crippen LogP contribution is -2.30. The minimum absolute atomic E-state index is 0.331. The molecule has 0 bridgehead atoms. The van der Waals surface area contributed by atoms with Gasteiger partial charge in [0.2, 0.25) is 0 Å². The second-order valence-electron chi connectivity index (χ2n) is 4.47. The van der Waals surface area contributed by atoms with Gasteiger partial charge in [0.15, 0.2) is 0 Å². The van der Waals surface area contributed by atoms with E-state index in [1.807, 2.05) is 0 Å². The van der Waals surface area contributed by atoms with Gasteiger partial charge in [-0.15, -0.1) is 0 Å². The number of carbonyl (C=O) groups excluding carboxylic acids is 1. The highest BCUT2D eigenvalue weighted by atomic mass is 16.5. The molecule has 0 saturated heterocycles. The Hall–Kier alpha value is -1.82. The number of hydrogen-bond acceptors (Lipinski definition) is 6. The summed E-state index contributed by atoms with van der Waals surface area (Å²) in [6.45, 7) is 8.03. The number of methoxy groups -OCH3 is 1. The van der Waals surface area contributed by atoms with Gasteiger partial charge >= 0.3 is 5.97 Å². The second-order valence-corrected chi connectivity index (χ2v) is 4.47. The van der Waals surface area contributed by atoms with Crippen molar-refractivity contribution < 1.29 is 9.53 Å². The highest BCUT2D eigenvalue weighted by Crippen LogP contribution is 2.20. The molecule has 6 heteroatoms. The van der Waals surface area contributed by atoms with Gasteiger partial charge in [0.1, 0.15) is 5.82 Å². The third-order valence-corrected chi connectivity index (χ3v) is 3.10. The smallest absolute Gasteiger partial charge is 0.340 e. The summed E-state index contributed by atoms with van der Waals surface area (Å²) >= 11 is 0. The molecule has 3 N–H and O–H groups in total. The van der Waals surface area contributed by atoms with Crippen molar-refractivity contribution in [1.29, 1.82) is 0 Å². The van der Waals surface area contributed by atoms with Crippen LogP contribution in [0.15, 0.2) is 12.3 Å². The van der Waals surface area contributed by atoms with Gasteiger partial charge in [-0.1, -0.05) is 13.8 Å². The van der Waals surface area contributed by atoms with E-state index in [2.05, 4.69) is 33.8 Å². The van der Waals surface area contributed by atoms with E-state index in [9.17, 15) is 4.79 Å². The number of nitrogens with two attached hydrogens (primary N) is 1. The molecule has 0 spiro atoms. The Kier molecular flexibility index (Phi) is 6.79. The summed E-state index contributed by atoms with van der Waals surface area (Å²) in [6, 6.07) is 1.56. The highest BCUT2D eigenvalue weighted by molar-refractivity contribution is 5.97. The number of aromatic nitrogens is 1. The topological polar surface area (TPSA) is 80.5 Å². The SMILES string of the molecule is CCCN(CC)CCNc1nccc(C(=O)OC)c1N. The molecule has 0 aromatic carbocycles. The molecule has 0 aliphatic heterocycles. The number of pyridine rings is 1. The molecule has 0 fully saturated rings. The molecule has 20 heavy (non-hydrogen) atoms. The number of nitrogen functional groups attached to an aromatic ring is 1. The van der Waals surface area contributed by atoms with Gasteiger partial charge in [0.05, 0.1) is 18.4 Å². The van der Waals surface area contributed by atoms with E-state index in [1.165, 1.54) is 7.11 Å². The van der Waals surface area contributed by atoms with Crippen molar-refractivity contribution >= 4 is 17.5 Å². The van der Waals surface area contributed by atoms with Crippen LogP contribution in [0.4, 0.5) is 11.5 Å². The number of nitrogens with zero attached hydrogens (tertiary/aromatic N) is 2. The van der Waals surface area contributed by atoms with Gasteiger partial charge in [0.25, 0.3) is 0 Å². The van der Waals surface area contributed by atoms with Crippen molar-refractivity contribution in [2.45, 2.75) is 20.3 Å². The first-order valence-electron chi connectivity index (χ1n) is 6.93. The lowest BCUT2D eigenvalue weighted by Gasteiger charge is -2.20. The van der Waals surface area contributed by atoms with E-state index >= 15 is 0 Å². The van der Waals surface area contributed by atoms with Crippen LogP contribution in [0.5, 0.6) is 0 Å². The average Bonchev–Trinajstić information content (AvgIpc) is 2.47. The largest absolute Gasteiger partial charge is 0.465 e. The summed E-state index contributed by atoms with van der Waals surface area (Å²) in [4.78, 5) is 18.0. The van der Waals surface area contributed by atoms with Crippen molar-refractivity contribution in [3.05, 3.63) is 17.8 Å². The Morgan fingerprint density at radius 1 is 1.45 bits per heavy atom. The quantitative estimate of drug-likeness (QED) is 0.704. The maximum atomic E-state index is 11.5. The molecule has 1 aromatic rings. The van der Waals surface area contributed by atoms with Gasteiger partial charge in [-0.2, -0.15) is 0 Å². The maximum absolute atomic E-state index is 11.5. The lowest BCUT2D eigenvalue weighted by atomic mass is 10.2. The van der Waals surface area contributed by atoms with Gasteiger partial charge in [0, 0.05) is 19.3 Å². The third kappa shape index (κ3) is 4.38. The molecule has 0 amide bonds. The fourth-order valence-corrected chi connectivity index (χ4v) is 1.98. The summed E-state index contributed by atoms with van der Waals surface area (Å²) in [5, 5.41) is 3.17. The first-order valence-corrected chi connectivity index (χ1v) is 6.93. The van der Waals surface area contributed by atoms with Crippen LogP contribution in [0.25, 0.3) is 0 Å². The summed E-state index contributed by atoms with van der Waals surface area (Å²) < 4.78 is 4.68. The number of carbonyl (C=O) groups is 1. The average molecular weight is 280 g/mol. The molecule has 0 atom stereocenters. The first-order chi connectivity index (χ1) is 9.63. The summed E-state index contributed by atoms with van der Waals surface area (Å²) in [6.07, 6.45) is 2.68. The van der Waals surface area contributed by atoms with Crippen molar-refractivity contribution in [3.63, 3.8) is 0 Å². The zero-order valence-corrected chi connectivity index (χ0v) is 12.5. The Morgan fingerprint density at radius 3 is 2.80 bits per heavy atom. The van der Waals surface area contributed by atoms with E-state index in [0.717, 1.165) is 32.6 Å². The molecule has 0 aliphatic carbocycles. The Balaban J connectivity index is 2.62. The Morgan fingerprint density at radius 2 is 2.20 bits per heavy atom. The third-order valence-electron chi connectivity index (χ3n) is 3.10.